The van der Waals surface area contributed by atoms with Gasteiger partial charge in [0.05, 0.1) is 6.54 Å². The maximum absolute atomic E-state index is 12.2. The molecule has 2 aromatic heterocycles. The highest BCUT2D eigenvalue weighted by Gasteiger charge is 2.23. The number of nitrogens with one attached hydrogen (secondary N) is 3. The van der Waals surface area contributed by atoms with Gasteiger partial charge in [0.25, 0.3) is 10.0 Å². The van der Waals surface area contributed by atoms with E-state index in [0.717, 1.165) is 5.69 Å². The standard InChI is InChI=1S/C10H17N7O2S/c1-7-8(4-11-2)10(15-14-7)20(18,19)13-5-9-12-6-17(3)16-9/h6,11,13H,4-5H2,1-3H3,(H,14,15). The molecule has 0 spiro atoms. The van der Waals surface area contributed by atoms with E-state index in [1.165, 1.54) is 11.0 Å². The van der Waals surface area contributed by atoms with Gasteiger partial charge in [0.2, 0.25) is 0 Å². The summed E-state index contributed by atoms with van der Waals surface area (Å²) in [5, 5.41) is 13.5. The Kier molecular flexibility index (Phi) is 4.16. The molecule has 0 atom stereocenters. The van der Waals surface area contributed by atoms with Crippen LogP contribution in [0, 0.1) is 6.92 Å². The summed E-state index contributed by atoms with van der Waals surface area (Å²) >= 11 is 0. The van der Waals surface area contributed by atoms with Crippen LogP contribution in [0.15, 0.2) is 11.4 Å². The summed E-state index contributed by atoms with van der Waals surface area (Å²) in [5.74, 6) is 0.401. The van der Waals surface area contributed by atoms with E-state index in [2.05, 4.69) is 30.3 Å². The summed E-state index contributed by atoms with van der Waals surface area (Å²) in [5.41, 5.74) is 1.34. The van der Waals surface area contributed by atoms with Crippen molar-refractivity contribution >= 4 is 10.0 Å². The van der Waals surface area contributed by atoms with Crippen LogP contribution in [0.1, 0.15) is 17.1 Å². The first-order chi connectivity index (χ1) is 9.44. The van der Waals surface area contributed by atoms with Crippen LogP contribution in [0.25, 0.3) is 0 Å². The van der Waals surface area contributed by atoms with Gasteiger partial charge in [0.15, 0.2) is 10.9 Å². The first-order valence-corrected chi connectivity index (χ1v) is 7.45. The Balaban J connectivity index is 2.18. The minimum Gasteiger partial charge on any atom is -0.316 e. The van der Waals surface area contributed by atoms with Crippen molar-refractivity contribution in [3.8, 4) is 0 Å². The number of hydrogen-bond acceptors (Lipinski definition) is 6. The SMILES string of the molecule is CNCc1c(S(=O)(=O)NCc2ncn(C)n2)n[nH]c1C. The quantitative estimate of drug-likeness (QED) is 0.632. The molecule has 0 radical (unpaired) electrons. The summed E-state index contributed by atoms with van der Waals surface area (Å²) in [6, 6.07) is 0. The third-order valence-electron chi connectivity index (χ3n) is 2.71. The fourth-order valence-electron chi connectivity index (χ4n) is 1.73. The van der Waals surface area contributed by atoms with Crippen LogP contribution in [0.5, 0.6) is 0 Å². The molecular weight excluding hydrogens is 282 g/mol. The summed E-state index contributed by atoms with van der Waals surface area (Å²) in [6.45, 7) is 2.22. The van der Waals surface area contributed by atoms with Gasteiger partial charge < -0.3 is 5.32 Å². The normalized spacial score (nSPS) is 11.9. The van der Waals surface area contributed by atoms with Gasteiger partial charge in [-0.25, -0.2) is 18.1 Å². The minimum absolute atomic E-state index is 0.000260. The van der Waals surface area contributed by atoms with Gasteiger partial charge in [-0.05, 0) is 14.0 Å². The number of sulfonamides is 1. The van der Waals surface area contributed by atoms with E-state index in [1.807, 2.05) is 0 Å². The highest BCUT2D eigenvalue weighted by molar-refractivity contribution is 7.89. The van der Waals surface area contributed by atoms with E-state index in [0.29, 0.717) is 17.9 Å². The number of aromatic amines is 1. The van der Waals surface area contributed by atoms with Gasteiger partial charge in [-0.2, -0.15) is 10.2 Å². The van der Waals surface area contributed by atoms with E-state index in [4.69, 9.17) is 0 Å². The molecule has 0 unspecified atom stereocenters. The molecule has 10 heteroatoms. The monoisotopic (exact) mass is 299 g/mol. The van der Waals surface area contributed by atoms with Gasteiger partial charge >= 0.3 is 0 Å². The molecule has 0 aromatic carbocycles. The number of aromatic nitrogens is 5. The number of aryl methyl sites for hydroxylation is 2. The average Bonchev–Trinajstić information content (AvgIpc) is 2.96. The second-order valence-corrected chi connectivity index (χ2v) is 6.00. The van der Waals surface area contributed by atoms with Gasteiger partial charge in [0, 0.05) is 24.8 Å². The Morgan fingerprint density at radius 3 is 2.75 bits per heavy atom. The Labute approximate surface area is 116 Å². The maximum Gasteiger partial charge on any atom is 0.260 e. The second kappa shape index (κ2) is 5.69. The van der Waals surface area contributed by atoms with Crippen molar-refractivity contribution in [3.05, 3.63) is 23.4 Å². The predicted octanol–water partition coefficient (Wildman–Crippen LogP) is -0.955. The smallest absolute Gasteiger partial charge is 0.260 e. The molecule has 2 heterocycles. The Hall–Kier alpha value is -1.78. The summed E-state index contributed by atoms with van der Waals surface area (Å²) in [4.78, 5) is 3.96. The first-order valence-electron chi connectivity index (χ1n) is 5.96. The van der Waals surface area contributed by atoms with Crippen molar-refractivity contribution in [1.82, 2.24) is 35.0 Å². The van der Waals surface area contributed by atoms with Crippen LogP contribution in [0.4, 0.5) is 0 Å². The largest absolute Gasteiger partial charge is 0.316 e. The number of rotatable bonds is 6. The van der Waals surface area contributed by atoms with Crippen LogP contribution in [-0.2, 0) is 30.2 Å². The molecule has 20 heavy (non-hydrogen) atoms. The van der Waals surface area contributed by atoms with Gasteiger partial charge in [-0.3, -0.25) is 9.78 Å². The summed E-state index contributed by atoms with van der Waals surface area (Å²) in [6.07, 6.45) is 1.51. The molecule has 0 amide bonds. The van der Waals surface area contributed by atoms with Crippen LogP contribution in [-0.4, -0.2) is 40.4 Å². The van der Waals surface area contributed by atoms with Crippen LogP contribution in [0.2, 0.25) is 0 Å². The Morgan fingerprint density at radius 2 is 2.15 bits per heavy atom. The minimum atomic E-state index is -3.70. The first kappa shape index (κ1) is 14.6. The van der Waals surface area contributed by atoms with Gasteiger partial charge in [0.1, 0.15) is 6.33 Å². The Morgan fingerprint density at radius 1 is 1.40 bits per heavy atom. The molecular formula is C10H17N7O2S. The van der Waals surface area contributed by atoms with E-state index >= 15 is 0 Å². The van der Waals surface area contributed by atoms with Crippen molar-refractivity contribution in [2.45, 2.75) is 25.0 Å². The molecule has 0 saturated heterocycles. The molecule has 2 aromatic rings. The maximum atomic E-state index is 12.2. The molecule has 0 aliphatic carbocycles. The highest BCUT2D eigenvalue weighted by Crippen LogP contribution is 2.15. The van der Waals surface area contributed by atoms with E-state index in [-0.39, 0.29) is 11.6 Å². The number of H-pyrrole nitrogens is 1. The molecule has 0 aliphatic heterocycles. The molecule has 0 bridgehead atoms. The predicted molar refractivity (Wildman–Crippen MR) is 71.1 cm³/mol. The van der Waals surface area contributed by atoms with E-state index in [9.17, 15) is 8.42 Å². The molecule has 0 aliphatic rings. The van der Waals surface area contributed by atoms with Gasteiger partial charge in [-0.15, -0.1) is 0 Å². The Bertz CT molecular complexity index is 688. The van der Waals surface area contributed by atoms with Crippen molar-refractivity contribution in [2.24, 2.45) is 7.05 Å². The van der Waals surface area contributed by atoms with Crippen molar-refractivity contribution < 1.29 is 8.42 Å². The van der Waals surface area contributed by atoms with Crippen molar-refractivity contribution in [3.63, 3.8) is 0 Å². The molecule has 3 N–H and O–H groups in total. The fourth-order valence-corrected chi connectivity index (χ4v) is 2.90. The second-order valence-electron chi connectivity index (χ2n) is 4.32. The summed E-state index contributed by atoms with van der Waals surface area (Å²) in [7, 11) is -0.243. The van der Waals surface area contributed by atoms with Crippen LogP contribution >= 0.6 is 0 Å². The zero-order chi connectivity index (χ0) is 14.8. The highest BCUT2D eigenvalue weighted by atomic mass is 32.2. The lowest BCUT2D eigenvalue weighted by molar-refractivity contribution is 0.572. The lowest BCUT2D eigenvalue weighted by atomic mass is 10.3. The van der Waals surface area contributed by atoms with Crippen LogP contribution in [0.3, 0.4) is 0 Å². The topological polar surface area (TPSA) is 118 Å². The van der Waals surface area contributed by atoms with Crippen molar-refractivity contribution in [2.75, 3.05) is 7.05 Å². The van der Waals surface area contributed by atoms with Crippen molar-refractivity contribution in [1.29, 1.82) is 0 Å². The zero-order valence-corrected chi connectivity index (χ0v) is 12.3. The molecule has 9 nitrogen and oxygen atoms in total. The lowest BCUT2D eigenvalue weighted by Gasteiger charge is -2.05. The zero-order valence-electron chi connectivity index (χ0n) is 11.5. The molecule has 2 rings (SSSR count). The summed E-state index contributed by atoms with van der Waals surface area (Å²) < 4.78 is 28.4. The average molecular weight is 299 g/mol. The van der Waals surface area contributed by atoms with Crippen LogP contribution < -0.4 is 10.0 Å². The molecule has 0 saturated carbocycles. The van der Waals surface area contributed by atoms with E-state index in [1.54, 1.807) is 21.0 Å². The third-order valence-corrected chi connectivity index (χ3v) is 4.08. The van der Waals surface area contributed by atoms with Gasteiger partial charge in [-0.1, -0.05) is 0 Å². The lowest BCUT2D eigenvalue weighted by Crippen LogP contribution is -2.26. The fraction of sp³-hybridized carbons (Fsp3) is 0.500. The number of nitrogens with zero attached hydrogens (tertiary/aromatic N) is 4. The molecule has 0 fully saturated rings. The van der Waals surface area contributed by atoms with E-state index < -0.39 is 10.0 Å². The molecule has 110 valence electrons. The number of hydrogen-bond donors (Lipinski definition) is 3. The third kappa shape index (κ3) is 3.03.